The van der Waals surface area contributed by atoms with Gasteiger partial charge < -0.3 is 10.4 Å². The highest BCUT2D eigenvalue weighted by molar-refractivity contribution is 6.06. The second-order valence-electron chi connectivity index (χ2n) is 7.70. The molecule has 0 aliphatic heterocycles. The molecule has 1 amide bonds. The first-order valence-corrected chi connectivity index (χ1v) is 10.3. The smallest absolute Gasteiger partial charge is 0.392 e. The minimum absolute atomic E-state index is 0.0647. The summed E-state index contributed by atoms with van der Waals surface area (Å²) in [6, 6.07) is 9.23. The SMILES string of the molecule is Cc1ncc(NC(=O)c2cc(-c3ccn(C)n3)c(C(F)(F)F)cc2F)c(-c2ccccc2CO)n1. The Labute approximate surface area is 197 Å². The Hall–Kier alpha value is -4.12. The topological polar surface area (TPSA) is 92.9 Å². The van der Waals surface area contributed by atoms with E-state index >= 15 is 0 Å². The average molecular weight is 485 g/mol. The van der Waals surface area contributed by atoms with Crippen molar-refractivity contribution in [3.63, 3.8) is 0 Å². The number of aromatic nitrogens is 4. The second kappa shape index (κ2) is 9.26. The summed E-state index contributed by atoms with van der Waals surface area (Å²) in [5, 5.41) is 16.2. The molecular formula is C24H19F4N5O2. The maximum atomic E-state index is 14.8. The fourth-order valence-corrected chi connectivity index (χ4v) is 3.60. The van der Waals surface area contributed by atoms with Gasteiger partial charge in [0.05, 0.1) is 41.0 Å². The van der Waals surface area contributed by atoms with Gasteiger partial charge in [-0.1, -0.05) is 24.3 Å². The Bertz CT molecular complexity index is 1420. The number of nitrogens with zero attached hydrogens (tertiary/aromatic N) is 4. The molecule has 11 heteroatoms. The maximum absolute atomic E-state index is 14.8. The predicted octanol–water partition coefficient (Wildman–Crippen LogP) is 4.76. The molecule has 2 aromatic carbocycles. The Morgan fingerprint density at radius 2 is 1.89 bits per heavy atom. The van der Waals surface area contributed by atoms with Gasteiger partial charge in [0.1, 0.15) is 11.6 Å². The molecule has 0 unspecified atom stereocenters. The summed E-state index contributed by atoms with van der Waals surface area (Å²) < 4.78 is 56.9. The van der Waals surface area contributed by atoms with Gasteiger partial charge in [-0.2, -0.15) is 18.3 Å². The third kappa shape index (κ3) is 4.90. The number of aliphatic hydroxyl groups is 1. The first-order chi connectivity index (χ1) is 16.6. The van der Waals surface area contributed by atoms with Crippen LogP contribution in [-0.2, 0) is 19.8 Å². The van der Waals surface area contributed by atoms with E-state index in [-0.39, 0.29) is 29.7 Å². The van der Waals surface area contributed by atoms with E-state index in [1.54, 1.807) is 31.2 Å². The highest BCUT2D eigenvalue weighted by Crippen LogP contribution is 2.38. The number of hydrogen-bond acceptors (Lipinski definition) is 5. The number of anilines is 1. The standard InChI is InChI=1S/C24H19F4N5O2/c1-13-29-11-21(22(30-13)15-6-4-3-5-14(15)12-34)31-23(35)17-9-16(20-7-8-33(2)32-20)18(10-19(17)25)24(26,27)28/h3-11,34H,12H2,1-2H3,(H,31,35). The van der Waals surface area contributed by atoms with Crippen molar-refractivity contribution < 1.29 is 27.5 Å². The van der Waals surface area contributed by atoms with Crippen LogP contribution in [-0.4, -0.2) is 30.8 Å². The number of alkyl halides is 3. The van der Waals surface area contributed by atoms with Crippen LogP contribution >= 0.6 is 0 Å². The lowest BCUT2D eigenvalue weighted by Gasteiger charge is -2.16. The second-order valence-corrected chi connectivity index (χ2v) is 7.70. The summed E-state index contributed by atoms with van der Waals surface area (Å²) in [4.78, 5) is 21.4. The summed E-state index contributed by atoms with van der Waals surface area (Å²) in [6.45, 7) is 1.33. The molecule has 0 spiro atoms. The molecule has 4 rings (SSSR count). The molecule has 4 aromatic rings. The molecule has 0 aliphatic rings. The van der Waals surface area contributed by atoms with Gasteiger partial charge >= 0.3 is 6.18 Å². The molecule has 2 heterocycles. The monoisotopic (exact) mass is 485 g/mol. The highest BCUT2D eigenvalue weighted by Gasteiger charge is 2.36. The van der Waals surface area contributed by atoms with Crippen molar-refractivity contribution in [2.24, 2.45) is 7.05 Å². The summed E-state index contributed by atoms with van der Waals surface area (Å²) in [6.07, 6.45) is -2.12. The first kappa shape index (κ1) is 24.0. The Kier molecular flexibility index (Phi) is 6.35. The van der Waals surface area contributed by atoms with Crippen LogP contribution in [0.4, 0.5) is 23.2 Å². The Morgan fingerprint density at radius 3 is 2.54 bits per heavy atom. The van der Waals surface area contributed by atoms with E-state index in [1.807, 2.05) is 0 Å². The van der Waals surface area contributed by atoms with Crippen molar-refractivity contribution in [1.82, 2.24) is 19.7 Å². The number of nitrogens with one attached hydrogen (secondary N) is 1. The van der Waals surface area contributed by atoms with E-state index in [0.29, 0.717) is 17.0 Å². The number of hydrogen-bond donors (Lipinski definition) is 2. The fourth-order valence-electron chi connectivity index (χ4n) is 3.60. The number of carbonyl (C=O) groups excluding carboxylic acids is 1. The van der Waals surface area contributed by atoms with Gasteiger partial charge in [-0.25, -0.2) is 14.4 Å². The molecule has 2 N–H and O–H groups in total. The lowest BCUT2D eigenvalue weighted by atomic mass is 9.99. The van der Waals surface area contributed by atoms with Crippen molar-refractivity contribution in [3.05, 3.63) is 83.2 Å². The van der Waals surface area contributed by atoms with Gasteiger partial charge in [-0.05, 0) is 30.7 Å². The van der Waals surface area contributed by atoms with Crippen LogP contribution in [0, 0.1) is 12.7 Å². The van der Waals surface area contributed by atoms with Crippen molar-refractivity contribution >= 4 is 11.6 Å². The fraction of sp³-hybridized carbons (Fsp3) is 0.167. The molecule has 0 radical (unpaired) electrons. The van der Waals surface area contributed by atoms with Gasteiger partial charge in [0.15, 0.2) is 0 Å². The van der Waals surface area contributed by atoms with Crippen LogP contribution in [0.1, 0.15) is 27.3 Å². The average Bonchev–Trinajstić information content (AvgIpc) is 3.25. The predicted molar refractivity (Wildman–Crippen MR) is 120 cm³/mol. The Morgan fingerprint density at radius 1 is 1.14 bits per heavy atom. The normalized spacial score (nSPS) is 11.5. The molecule has 0 saturated carbocycles. The van der Waals surface area contributed by atoms with E-state index in [2.05, 4.69) is 20.4 Å². The molecule has 2 aromatic heterocycles. The van der Waals surface area contributed by atoms with E-state index in [0.717, 1.165) is 6.07 Å². The van der Waals surface area contributed by atoms with Crippen LogP contribution < -0.4 is 5.32 Å². The number of amides is 1. The summed E-state index contributed by atoms with van der Waals surface area (Å²) in [5.41, 5.74) is -0.951. The zero-order chi connectivity index (χ0) is 25.3. The molecule has 0 atom stereocenters. The molecule has 180 valence electrons. The minimum Gasteiger partial charge on any atom is -0.392 e. The number of aryl methyl sites for hydroxylation is 2. The molecule has 0 aliphatic carbocycles. The van der Waals surface area contributed by atoms with Crippen molar-refractivity contribution in [3.8, 4) is 22.5 Å². The third-order valence-electron chi connectivity index (χ3n) is 5.25. The van der Waals surface area contributed by atoms with Gasteiger partial charge in [-0.3, -0.25) is 9.48 Å². The number of aliphatic hydroxyl groups excluding tert-OH is 1. The largest absolute Gasteiger partial charge is 0.417 e. The van der Waals surface area contributed by atoms with Gasteiger partial charge in [0.2, 0.25) is 0 Å². The summed E-state index contributed by atoms with van der Waals surface area (Å²) in [5.74, 6) is -1.97. The minimum atomic E-state index is -4.87. The van der Waals surface area contributed by atoms with Crippen LogP contribution in [0.3, 0.4) is 0 Å². The molecule has 0 saturated heterocycles. The van der Waals surface area contributed by atoms with Crippen LogP contribution in [0.25, 0.3) is 22.5 Å². The van der Waals surface area contributed by atoms with Crippen LogP contribution in [0.15, 0.2) is 54.9 Å². The zero-order valence-electron chi connectivity index (χ0n) is 18.6. The van der Waals surface area contributed by atoms with Gasteiger partial charge in [0, 0.05) is 24.4 Å². The lowest BCUT2D eigenvalue weighted by molar-refractivity contribution is -0.137. The van der Waals surface area contributed by atoms with Crippen molar-refractivity contribution in [2.75, 3.05) is 5.32 Å². The van der Waals surface area contributed by atoms with E-state index < -0.39 is 34.6 Å². The molecule has 0 bridgehead atoms. The number of benzene rings is 2. The number of halogens is 4. The van der Waals surface area contributed by atoms with E-state index in [4.69, 9.17) is 0 Å². The van der Waals surface area contributed by atoms with Crippen LogP contribution in [0.2, 0.25) is 0 Å². The molecule has 7 nitrogen and oxygen atoms in total. The maximum Gasteiger partial charge on any atom is 0.417 e. The molecule has 0 fully saturated rings. The highest BCUT2D eigenvalue weighted by atomic mass is 19.4. The summed E-state index contributed by atoms with van der Waals surface area (Å²) in [7, 11) is 1.52. The van der Waals surface area contributed by atoms with Crippen LogP contribution in [0.5, 0.6) is 0 Å². The summed E-state index contributed by atoms with van der Waals surface area (Å²) >= 11 is 0. The zero-order valence-corrected chi connectivity index (χ0v) is 18.6. The quantitative estimate of drug-likeness (QED) is 0.398. The van der Waals surface area contributed by atoms with Crippen molar-refractivity contribution in [1.29, 1.82) is 0 Å². The molecule has 35 heavy (non-hydrogen) atoms. The van der Waals surface area contributed by atoms with Crippen molar-refractivity contribution in [2.45, 2.75) is 19.7 Å². The van der Waals surface area contributed by atoms with Gasteiger partial charge in [-0.15, -0.1) is 0 Å². The number of rotatable bonds is 5. The third-order valence-corrected chi connectivity index (χ3v) is 5.25. The first-order valence-electron chi connectivity index (χ1n) is 10.3. The molecular weight excluding hydrogens is 466 g/mol. The van der Waals surface area contributed by atoms with E-state index in [1.165, 1.54) is 30.2 Å². The lowest BCUT2D eigenvalue weighted by Crippen LogP contribution is -2.17. The Balaban J connectivity index is 1.79. The van der Waals surface area contributed by atoms with Gasteiger partial charge in [0.25, 0.3) is 5.91 Å². The number of carbonyl (C=O) groups is 1. The van der Waals surface area contributed by atoms with E-state index in [9.17, 15) is 27.5 Å².